The van der Waals surface area contributed by atoms with Crippen LogP contribution in [-0.2, 0) is 0 Å². The van der Waals surface area contributed by atoms with E-state index in [-0.39, 0.29) is 22.7 Å². The number of nitro benzene ring substituents is 1. The first-order chi connectivity index (χ1) is 6.43. The van der Waals surface area contributed by atoms with Gasteiger partial charge in [-0.1, -0.05) is 0 Å². The number of nitro groups is 1. The first-order valence-corrected chi connectivity index (χ1v) is 4.47. The van der Waals surface area contributed by atoms with E-state index in [2.05, 4.69) is 15.9 Å². The zero-order valence-corrected chi connectivity index (χ0v) is 8.87. The third-order valence-electron chi connectivity index (χ3n) is 1.67. The second-order valence-electron chi connectivity index (χ2n) is 2.71. The summed E-state index contributed by atoms with van der Waals surface area (Å²) in [6, 6.07) is 2.43. The number of rotatable bonds is 2. The minimum Gasteiger partial charge on any atom is -0.398 e. The highest BCUT2D eigenvalue weighted by Gasteiger charge is 2.15. The van der Waals surface area contributed by atoms with Gasteiger partial charge in [-0.25, -0.2) is 0 Å². The van der Waals surface area contributed by atoms with E-state index in [4.69, 9.17) is 5.73 Å². The Hall–Kier alpha value is -1.43. The van der Waals surface area contributed by atoms with Crippen molar-refractivity contribution in [3.05, 3.63) is 32.3 Å². The van der Waals surface area contributed by atoms with Gasteiger partial charge >= 0.3 is 0 Å². The van der Waals surface area contributed by atoms with Crippen LogP contribution in [0.1, 0.15) is 17.3 Å². The Morgan fingerprint density at radius 1 is 1.57 bits per heavy atom. The number of nitrogen functional groups attached to an aromatic ring is 1. The topological polar surface area (TPSA) is 86.2 Å². The number of hydrogen-bond donors (Lipinski definition) is 1. The fraction of sp³-hybridized carbons (Fsp3) is 0.125. The molecule has 0 aliphatic rings. The lowest BCUT2D eigenvalue weighted by Crippen LogP contribution is -2.02. The summed E-state index contributed by atoms with van der Waals surface area (Å²) in [4.78, 5) is 21.0. The van der Waals surface area contributed by atoms with E-state index in [1.54, 1.807) is 0 Å². The molecule has 0 amide bonds. The molecule has 1 aromatic carbocycles. The number of ketones is 1. The molecule has 5 nitrogen and oxygen atoms in total. The van der Waals surface area contributed by atoms with Gasteiger partial charge in [0.05, 0.1) is 16.2 Å². The number of Topliss-reactive ketones (excluding diaryl/α,β-unsaturated/α-hetero) is 1. The van der Waals surface area contributed by atoms with Gasteiger partial charge in [-0.3, -0.25) is 14.9 Å². The molecule has 0 atom stereocenters. The van der Waals surface area contributed by atoms with Crippen LogP contribution in [-0.4, -0.2) is 10.7 Å². The van der Waals surface area contributed by atoms with E-state index in [1.165, 1.54) is 19.1 Å². The standard InChI is InChI=1S/C8H7BrN2O3/c1-4(12)8-6(9)2-5(11(13)14)3-7(8)10/h2-3H,10H2,1H3. The van der Waals surface area contributed by atoms with Crippen molar-refractivity contribution in [3.63, 3.8) is 0 Å². The van der Waals surface area contributed by atoms with Crippen molar-refractivity contribution in [1.82, 2.24) is 0 Å². The highest BCUT2D eigenvalue weighted by molar-refractivity contribution is 9.10. The van der Waals surface area contributed by atoms with Crippen molar-refractivity contribution in [2.24, 2.45) is 0 Å². The van der Waals surface area contributed by atoms with Crippen molar-refractivity contribution in [2.75, 3.05) is 5.73 Å². The lowest BCUT2D eigenvalue weighted by Gasteiger charge is -2.03. The first kappa shape index (κ1) is 10.6. The van der Waals surface area contributed by atoms with E-state index in [1.807, 2.05) is 0 Å². The molecule has 0 saturated heterocycles. The van der Waals surface area contributed by atoms with Crippen LogP contribution in [0, 0.1) is 10.1 Å². The van der Waals surface area contributed by atoms with Crippen molar-refractivity contribution < 1.29 is 9.72 Å². The Kier molecular flexibility index (Phi) is 2.85. The van der Waals surface area contributed by atoms with Gasteiger partial charge in [0.2, 0.25) is 0 Å². The number of carbonyl (C=O) groups excluding carboxylic acids is 1. The molecule has 1 aromatic rings. The fourth-order valence-electron chi connectivity index (χ4n) is 1.09. The van der Waals surface area contributed by atoms with Gasteiger partial charge in [0, 0.05) is 16.6 Å². The van der Waals surface area contributed by atoms with Crippen LogP contribution < -0.4 is 5.73 Å². The normalized spacial score (nSPS) is 9.86. The predicted molar refractivity (Wildman–Crippen MR) is 55.2 cm³/mol. The molecule has 14 heavy (non-hydrogen) atoms. The number of hydrogen-bond acceptors (Lipinski definition) is 4. The SMILES string of the molecule is CC(=O)c1c(N)cc([N+](=O)[O-])cc1Br. The maximum Gasteiger partial charge on any atom is 0.272 e. The van der Waals surface area contributed by atoms with Crippen molar-refractivity contribution >= 4 is 33.1 Å². The van der Waals surface area contributed by atoms with Gasteiger partial charge in [0.15, 0.2) is 5.78 Å². The second kappa shape index (κ2) is 3.75. The molecular weight excluding hydrogens is 252 g/mol. The molecular formula is C8H7BrN2O3. The number of carbonyl (C=O) groups is 1. The Bertz CT molecular complexity index is 394. The molecule has 0 aromatic heterocycles. The van der Waals surface area contributed by atoms with E-state index < -0.39 is 4.92 Å². The molecule has 0 bridgehead atoms. The Balaban J connectivity index is 3.39. The molecule has 6 heteroatoms. The third kappa shape index (κ3) is 1.90. The summed E-state index contributed by atoms with van der Waals surface area (Å²) in [5, 5.41) is 10.4. The molecule has 0 spiro atoms. The summed E-state index contributed by atoms with van der Waals surface area (Å²) < 4.78 is 0.344. The number of non-ortho nitro benzene ring substituents is 1. The van der Waals surface area contributed by atoms with Gasteiger partial charge in [0.1, 0.15) is 0 Å². The van der Waals surface area contributed by atoms with E-state index >= 15 is 0 Å². The largest absolute Gasteiger partial charge is 0.398 e. The van der Waals surface area contributed by atoms with Crippen molar-refractivity contribution in [2.45, 2.75) is 6.92 Å². The quantitative estimate of drug-likeness (QED) is 0.381. The van der Waals surface area contributed by atoms with E-state index in [0.29, 0.717) is 4.47 Å². The predicted octanol–water partition coefficient (Wildman–Crippen LogP) is 2.14. The minimum absolute atomic E-state index is 0.110. The molecule has 0 aliphatic carbocycles. The molecule has 0 unspecified atom stereocenters. The van der Waals surface area contributed by atoms with E-state index in [9.17, 15) is 14.9 Å². The summed E-state index contributed by atoms with van der Waals surface area (Å²) in [6.45, 7) is 1.35. The number of anilines is 1. The number of halogens is 1. The summed E-state index contributed by atoms with van der Waals surface area (Å²) in [5.74, 6) is -0.232. The summed E-state index contributed by atoms with van der Waals surface area (Å²) in [5.41, 5.74) is 5.75. The van der Waals surface area contributed by atoms with Crippen LogP contribution in [0.3, 0.4) is 0 Å². The summed E-state index contributed by atoms with van der Waals surface area (Å²) in [7, 11) is 0. The number of benzene rings is 1. The molecule has 0 fully saturated rings. The smallest absolute Gasteiger partial charge is 0.272 e. The van der Waals surface area contributed by atoms with Crippen LogP contribution in [0.4, 0.5) is 11.4 Å². The summed E-state index contributed by atoms with van der Waals surface area (Å²) in [6.07, 6.45) is 0. The van der Waals surface area contributed by atoms with Gasteiger partial charge < -0.3 is 5.73 Å². The summed E-state index contributed by atoms with van der Waals surface area (Å²) >= 11 is 3.06. The molecule has 0 radical (unpaired) electrons. The molecule has 0 saturated carbocycles. The first-order valence-electron chi connectivity index (χ1n) is 3.68. The second-order valence-corrected chi connectivity index (χ2v) is 3.56. The third-order valence-corrected chi connectivity index (χ3v) is 2.29. The van der Waals surface area contributed by atoms with Gasteiger partial charge in [0.25, 0.3) is 5.69 Å². The molecule has 0 aliphatic heterocycles. The van der Waals surface area contributed by atoms with Crippen LogP contribution >= 0.6 is 15.9 Å². The maximum absolute atomic E-state index is 11.1. The molecule has 74 valence electrons. The molecule has 0 heterocycles. The monoisotopic (exact) mass is 258 g/mol. The van der Waals surface area contributed by atoms with Gasteiger partial charge in [-0.2, -0.15) is 0 Å². The van der Waals surface area contributed by atoms with Gasteiger partial charge in [-0.15, -0.1) is 0 Å². The maximum atomic E-state index is 11.1. The molecule has 1 rings (SSSR count). The average Bonchev–Trinajstić information content (AvgIpc) is 2.01. The highest BCUT2D eigenvalue weighted by Crippen LogP contribution is 2.28. The van der Waals surface area contributed by atoms with Crippen molar-refractivity contribution in [1.29, 1.82) is 0 Å². The average molecular weight is 259 g/mol. The van der Waals surface area contributed by atoms with Crippen LogP contribution in [0.2, 0.25) is 0 Å². The van der Waals surface area contributed by atoms with Crippen LogP contribution in [0.5, 0.6) is 0 Å². The zero-order chi connectivity index (χ0) is 10.9. The zero-order valence-electron chi connectivity index (χ0n) is 7.28. The van der Waals surface area contributed by atoms with E-state index in [0.717, 1.165) is 0 Å². The number of nitrogens with two attached hydrogens (primary N) is 1. The minimum atomic E-state index is -0.564. The Morgan fingerprint density at radius 2 is 2.14 bits per heavy atom. The highest BCUT2D eigenvalue weighted by atomic mass is 79.9. The van der Waals surface area contributed by atoms with Crippen molar-refractivity contribution in [3.8, 4) is 0 Å². The van der Waals surface area contributed by atoms with Crippen LogP contribution in [0.15, 0.2) is 16.6 Å². The lowest BCUT2D eigenvalue weighted by atomic mass is 10.1. The van der Waals surface area contributed by atoms with Crippen LogP contribution in [0.25, 0.3) is 0 Å². The fourth-order valence-corrected chi connectivity index (χ4v) is 1.83. The Morgan fingerprint density at radius 3 is 2.50 bits per heavy atom. The Labute approximate surface area is 88.2 Å². The van der Waals surface area contributed by atoms with Gasteiger partial charge in [-0.05, 0) is 22.9 Å². The molecule has 2 N–H and O–H groups in total. The lowest BCUT2D eigenvalue weighted by molar-refractivity contribution is -0.384. The number of nitrogens with zero attached hydrogens (tertiary/aromatic N) is 1.